The van der Waals surface area contributed by atoms with Crippen LogP contribution in [0.15, 0.2) is 329 Å². The molecule has 18 aromatic rings. The third-order valence-corrected chi connectivity index (χ3v) is 16.7. The Morgan fingerprint density at radius 2 is 0.538 bits per heavy atom. The fourth-order valence-corrected chi connectivity index (χ4v) is 11.2. The fraction of sp³-hybridized carbons (Fsp3) is 0.250. The first-order valence-electron chi connectivity index (χ1n) is 42.1. The summed E-state index contributed by atoms with van der Waals surface area (Å²) in [7, 11) is 0. The maximum absolute atomic E-state index is 4.28. The molecule has 0 saturated carbocycles. The molecular formula is C108H135N9. The van der Waals surface area contributed by atoms with Crippen LogP contribution in [0.2, 0.25) is 0 Å². The van der Waals surface area contributed by atoms with Gasteiger partial charge in [-0.05, 0) is 201 Å². The van der Waals surface area contributed by atoms with Crippen LogP contribution in [0.4, 0.5) is 0 Å². The summed E-state index contributed by atoms with van der Waals surface area (Å²) in [4.78, 5) is 37.5. The SMILES string of the molecule is CC.CC.CC.CC.CC.CC.CC.CC.CC.Cc1ccc2cccnc2c1.Cc1ccc2ccncc2c1.Cc1cccc2cccnc12.Cc1cccc2ccncc12.Cc1cccc2cnccc12.Cc1cccc2ncccc12.Cc1ccnc2ccccc12.Cc1cncc2ccccc12.Cc1nccc2ccccc12. The molecule has 0 unspecified atom stereocenters. The molecule has 0 radical (unpaired) electrons. The molecule has 18 rings (SSSR count). The Hall–Kier alpha value is -12.3. The molecular weight excluding hydrogens is 1420 g/mol. The predicted molar refractivity (Wildman–Crippen MR) is 520 cm³/mol. The number of aromatic nitrogens is 9. The van der Waals surface area contributed by atoms with E-state index in [-0.39, 0.29) is 0 Å². The van der Waals surface area contributed by atoms with E-state index in [9.17, 15) is 0 Å². The standard InChI is InChI=1S/9C10H9N.9C2H6/c1-8-4-2-6-10-9(8)5-3-7-11-10;1-8-4-2-5-9-6-3-7-11-10(8)9;1-8-2-3-9-4-5-11-7-10(9)6-8;1-8-4-5-9-3-2-6-11-10(9)7-8;1-8-3-2-4-9-7-11-6-5-10(8)9;1-8-3-2-4-9-5-6-11-7-10(8)9;1-8-6-11-7-9-4-2-3-5-10(8)9;1-8-10-5-3-2-4-9(10)6-7-11-8;1-8-6-7-11-10-5-3-2-4-9(8)10;9*1-2/h9*2-7H,1H3;9*1-2H3. The zero-order valence-electron chi connectivity index (χ0n) is 75.7. The van der Waals surface area contributed by atoms with Gasteiger partial charge >= 0.3 is 0 Å². The van der Waals surface area contributed by atoms with E-state index in [0.717, 1.165) is 27.8 Å². The smallest absolute Gasteiger partial charge is 0.0731 e. The van der Waals surface area contributed by atoms with Gasteiger partial charge in [0.25, 0.3) is 0 Å². The highest BCUT2D eigenvalue weighted by atomic mass is 14.7. The largest absolute Gasteiger partial charge is 0.264 e. The monoisotopic (exact) mass is 1560 g/mol. The van der Waals surface area contributed by atoms with Gasteiger partial charge in [0, 0.05) is 135 Å². The molecule has 0 fully saturated rings. The molecule has 0 saturated heterocycles. The van der Waals surface area contributed by atoms with Gasteiger partial charge in [0.05, 0.1) is 22.1 Å². The van der Waals surface area contributed by atoms with Crippen molar-refractivity contribution in [1.29, 1.82) is 0 Å². The van der Waals surface area contributed by atoms with Gasteiger partial charge in [0.2, 0.25) is 0 Å². The topological polar surface area (TPSA) is 116 Å². The van der Waals surface area contributed by atoms with Gasteiger partial charge in [-0.1, -0.05) is 306 Å². The van der Waals surface area contributed by atoms with Crippen molar-refractivity contribution in [2.75, 3.05) is 0 Å². The minimum atomic E-state index is 1.08. The summed E-state index contributed by atoms with van der Waals surface area (Å²) in [5.74, 6) is 0. The van der Waals surface area contributed by atoms with Crippen LogP contribution < -0.4 is 0 Å². The molecule has 9 aromatic carbocycles. The molecule has 9 heteroatoms. The molecule has 0 amide bonds. The highest BCUT2D eigenvalue weighted by Gasteiger charge is 2.00. The van der Waals surface area contributed by atoms with Gasteiger partial charge in [-0.2, -0.15) is 0 Å². The predicted octanol–water partition coefficient (Wildman–Crippen LogP) is 32.1. The lowest BCUT2D eigenvalue weighted by molar-refractivity contribution is 1.24. The van der Waals surface area contributed by atoms with E-state index in [0.29, 0.717) is 0 Å². The number of hydrogen-bond acceptors (Lipinski definition) is 9. The number of aryl methyl sites for hydroxylation is 9. The maximum atomic E-state index is 4.28. The van der Waals surface area contributed by atoms with E-state index >= 15 is 0 Å². The van der Waals surface area contributed by atoms with Crippen molar-refractivity contribution in [2.24, 2.45) is 0 Å². The van der Waals surface area contributed by atoms with E-state index in [4.69, 9.17) is 0 Å². The van der Waals surface area contributed by atoms with Crippen molar-refractivity contribution in [2.45, 2.75) is 187 Å². The Labute approximate surface area is 704 Å². The molecule has 0 aliphatic rings. The highest BCUT2D eigenvalue weighted by molar-refractivity contribution is 5.88. The molecule has 0 bridgehead atoms. The Bertz CT molecular complexity index is 4730. The number of hydrogen-bond donors (Lipinski definition) is 0. The number of rotatable bonds is 0. The van der Waals surface area contributed by atoms with Crippen LogP contribution in [-0.2, 0) is 0 Å². The first-order valence-corrected chi connectivity index (χ1v) is 42.1. The molecule has 612 valence electrons. The van der Waals surface area contributed by atoms with Crippen molar-refractivity contribution in [3.63, 3.8) is 0 Å². The quantitative estimate of drug-likeness (QED) is 0.146. The van der Waals surface area contributed by atoms with E-state index in [2.05, 4.69) is 252 Å². The van der Waals surface area contributed by atoms with Crippen molar-refractivity contribution < 1.29 is 0 Å². The van der Waals surface area contributed by atoms with Gasteiger partial charge in [-0.25, -0.2) is 0 Å². The lowest BCUT2D eigenvalue weighted by Gasteiger charge is -1.98. The van der Waals surface area contributed by atoms with Gasteiger partial charge in [0.1, 0.15) is 0 Å². The summed E-state index contributed by atoms with van der Waals surface area (Å²) in [6, 6.07) is 84.6. The second-order valence-corrected chi connectivity index (χ2v) is 24.0. The minimum absolute atomic E-state index is 1.08. The Morgan fingerprint density at radius 1 is 0.171 bits per heavy atom. The Balaban J connectivity index is 0.000000642. The summed E-state index contributed by atoms with van der Waals surface area (Å²) in [5.41, 5.74) is 15.6. The number of benzene rings is 9. The fourth-order valence-electron chi connectivity index (χ4n) is 11.2. The van der Waals surface area contributed by atoms with Crippen LogP contribution in [0, 0.1) is 62.3 Å². The van der Waals surface area contributed by atoms with Crippen molar-refractivity contribution in [3.8, 4) is 0 Å². The molecule has 0 atom stereocenters. The van der Waals surface area contributed by atoms with E-state index in [1.807, 2.05) is 309 Å². The van der Waals surface area contributed by atoms with Crippen LogP contribution in [-0.4, -0.2) is 44.9 Å². The van der Waals surface area contributed by atoms with Gasteiger partial charge in [-0.3, -0.25) is 44.9 Å². The molecule has 9 heterocycles. The van der Waals surface area contributed by atoms with Crippen LogP contribution in [0.5, 0.6) is 0 Å². The van der Waals surface area contributed by atoms with Gasteiger partial charge in [0.15, 0.2) is 0 Å². The van der Waals surface area contributed by atoms with Crippen LogP contribution in [0.25, 0.3) is 97.5 Å². The van der Waals surface area contributed by atoms with Crippen molar-refractivity contribution in [1.82, 2.24) is 44.9 Å². The zero-order chi connectivity index (χ0) is 87.1. The van der Waals surface area contributed by atoms with Gasteiger partial charge < -0.3 is 0 Å². The van der Waals surface area contributed by atoms with E-state index < -0.39 is 0 Å². The summed E-state index contributed by atoms with van der Waals surface area (Å²) in [6.45, 7) is 54.8. The average molecular weight is 1560 g/mol. The normalized spacial score (nSPS) is 9.15. The van der Waals surface area contributed by atoms with Crippen molar-refractivity contribution in [3.05, 3.63) is 379 Å². The minimum Gasteiger partial charge on any atom is -0.264 e. The summed E-state index contributed by atoms with van der Waals surface area (Å²) < 4.78 is 0. The highest BCUT2D eigenvalue weighted by Crippen LogP contribution is 2.22. The first kappa shape index (κ1) is 103. The summed E-state index contributed by atoms with van der Waals surface area (Å²) in [5, 5.41) is 17.4. The number of para-hydroxylation sites is 2. The van der Waals surface area contributed by atoms with Crippen LogP contribution in [0.1, 0.15) is 175 Å². The maximum Gasteiger partial charge on any atom is 0.0731 e. The van der Waals surface area contributed by atoms with Crippen LogP contribution >= 0.6 is 0 Å². The summed E-state index contributed by atoms with van der Waals surface area (Å²) in [6.07, 6.45) is 24.1. The molecule has 0 spiro atoms. The third-order valence-electron chi connectivity index (χ3n) is 16.7. The molecule has 9 aromatic heterocycles. The zero-order valence-corrected chi connectivity index (χ0v) is 75.7. The molecule has 0 aliphatic heterocycles. The molecule has 117 heavy (non-hydrogen) atoms. The van der Waals surface area contributed by atoms with Gasteiger partial charge in [-0.15, -0.1) is 0 Å². The first-order chi connectivity index (χ1) is 57.4. The second kappa shape index (κ2) is 63.0. The Morgan fingerprint density at radius 3 is 1.14 bits per heavy atom. The molecule has 0 N–H and O–H groups in total. The average Bonchev–Trinajstić information content (AvgIpc) is 0.850. The lowest BCUT2D eigenvalue weighted by atomic mass is 10.1. The molecule has 0 aliphatic carbocycles. The third kappa shape index (κ3) is 35.1. The van der Waals surface area contributed by atoms with Crippen molar-refractivity contribution >= 4 is 97.5 Å². The second-order valence-electron chi connectivity index (χ2n) is 24.0. The summed E-state index contributed by atoms with van der Waals surface area (Å²) >= 11 is 0. The van der Waals surface area contributed by atoms with Crippen LogP contribution in [0.3, 0.4) is 0 Å². The Kier molecular flexibility index (Phi) is 55.3. The number of pyridine rings is 9. The number of nitrogens with zero attached hydrogens (tertiary/aromatic N) is 9. The van der Waals surface area contributed by atoms with E-state index in [1.54, 1.807) is 0 Å². The molecule has 9 nitrogen and oxygen atoms in total. The lowest BCUT2D eigenvalue weighted by Crippen LogP contribution is -1.80. The van der Waals surface area contributed by atoms with E-state index in [1.165, 1.54) is 120 Å². The number of fused-ring (bicyclic) bond motifs is 9.